The molecule has 7 nitrogen and oxygen atoms in total. The molecule has 1 aromatic carbocycles. The number of para-hydroxylation sites is 1. The third-order valence-electron chi connectivity index (χ3n) is 4.72. The van der Waals surface area contributed by atoms with Gasteiger partial charge in [-0.15, -0.1) is 0 Å². The molecule has 2 aliphatic rings. The van der Waals surface area contributed by atoms with Gasteiger partial charge in [-0.2, -0.15) is 5.26 Å². The number of Topliss-reactive ketones (excluding diaryl/α,β-unsaturated/α-hetero) is 1. The average Bonchev–Trinajstić information content (AvgIpc) is 2.58. The van der Waals surface area contributed by atoms with Crippen LogP contribution in [0.2, 0.25) is 0 Å². The van der Waals surface area contributed by atoms with Crippen LogP contribution in [0.1, 0.15) is 32.3 Å². The average molecular weight is 365 g/mol. The van der Waals surface area contributed by atoms with Crippen LogP contribution < -0.4 is 5.73 Å². The van der Waals surface area contributed by atoms with Crippen molar-refractivity contribution < 1.29 is 14.5 Å². The fourth-order valence-electron chi connectivity index (χ4n) is 3.51. The first-order chi connectivity index (χ1) is 12.7. The molecule has 1 aliphatic carbocycles. The van der Waals surface area contributed by atoms with Crippen LogP contribution >= 0.6 is 0 Å². The highest BCUT2D eigenvalue weighted by atomic mass is 16.6. The van der Waals surface area contributed by atoms with E-state index in [0.717, 1.165) is 0 Å². The van der Waals surface area contributed by atoms with E-state index in [2.05, 4.69) is 0 Å². The van der Waals surface area contributed by atoms with Crippen LogP contribution in [0, 0.1) is 32.8 Å². The number of allylic oxidation sites excluding steroid dienone is 4. The molecular formula is C20H19N3O4. The second-order valence-corrected chi connectivity index (χ2v) is 7.42. The second kappa shape index (κ2) is 6.72. The minimum absolute atomic E-state index is 0.0287. The zero-order chi connectivity index (χ0) is 19.8. The van der Waals surface area contributed by atoms with Gasteiger partial charge in [0.05, 0.1) is 10.5 Å². The molecular weight excluding hydrogens is 346 g/mol. The van der Waals surface area contributed by atoms with E-state index in [1.807, 2.05) is 19.9 Å². The molecule has 138 valence electrons. The third-order valence-corrected chi connectivity index (χ3v) is 4.72. The van der Waals surface area contributed by atoms with Gasteiger partial charge in [-0.1, -0.05) is 38.1 Å². The minimum Gasteiger partial charge on any atom is -0.444 e. The molecule has 7 heteroatoms. The number of benzene rings is 1. The van der Waals surface area contributed by atoms with Crippen LogP contribution in [0.3, 0.4) is 0 Å². The molecule has 0 saturated heterocycles. The van der Waals surface area contributed by atoms with Crippen molar-refractivity contribution in [2.75, 3.05) is 0 Å². The maximum Gasteiger partial charge on any atom is 0.276 e. The summed E-state index contributed by atoms with van der Waals surface area (Å²) in [5.74, 6) is -0.329. The first kappa shape index (κ1) is 18.4. The number of nitro benzene ring substituents is 1. The van der Waals surface area contributed by atoms with E-state index >= 15 is 0 Å². The highest BCUT2D eigenvalue weighted by Crippen LogP contribution is 2.44. The Hall–Kier alpha value is -3.40. The van der Waals surface area contributed by atoms with Crippen LogP contribution in [0.25, 0.3) is 6.08 Å². The van der Waals surface area contributed by atoms with E-state index in [-0.39, 0.29) is 28.3 Å². The summed E-state index contributed by atoms with van der Waals surface area (Å²) in [6, 6.07) is 8.28. The van der Waals surface area contributed by atoms with E-state index in [0.29, 0.717) is 29.7 Å². The van der Waals surface area contributed by atoms with Gasteiger partial charge in [-0.05, 0) is 11.5 Å². The predicted octanol–water partition coefficient (Wildman–Crippen LogP) is 3.59. The van der Waals surface area contributed by atoms with Gasteiger partial charge in [0.1, 0.15) is 17.4 Å². The van der Waals surface area contributed by atoms with Crippen molar-refractivity contribution in [1.82, 2.24) is 0 Å². The first-order valence-corrected chi connectivity index (χ1v) is 8.49. The Morgan fingerprint density at radius 3 is 2.74 bits per heavy atom. The van der Waals surface area contributed by atoms with Crippen molar-refractivity contribution in [2.45, 2.75) is 26.7 Å². The number of hydrogen-bond donors (Lipinski definition) is 1. The summed E-state index contributed by atoms with van der Waals surface area (Å²) in [5.41, 5.74) is 6.54. The van der Waals surface area contributed by atoms with Crippen LogP contribution in [0.4, 0.5) is 5.69 Å². The highest BCUT2D eigenvalue weighted by Gasteiger charge is 2.41. The molecule has 0 bridgehead atoms. The first-order valence-electron chi connectivity index (χ1n) is 8.49. The van der Waals surface area contributed by atoms with Crippen molar-refractivity contribution in [2.24, 2.45) is 17.1 Å². The van der Waals surface area contributed by atoms with Crippen LogP contribution in [-0.2, 0) is 9.53 Å². The molecule has 27 heavy (non-hydrogen) atoms. The molecule has 0 spiro atoms. The van der Waals surface area contributed by atoms with E-state index in [4.69, 9.17) is 10.5 Å². The van der Waals surface area contributed by atoms with Crippen LogP contribution in [-0.4, -0.2) is 10.7 Å². The van der Waals surface area contributed by atoms with Gasteiger partial charge < -0.3 is 10.5 Å². The number of nitro groups is 1. The normalized spacial score (nSPS) is 21.7. The van der Waals surface area contributed by atoms with Gasteiger partial charge in [0.15, 0.2) is 5.78 Å². The van der Waals surface area contributed by atoms with Crippen LogP contribution in [0.5, 0.6) is 0 Å². The molecule has 0 radical (unpaired) electrons. The minimum atomic E-state index is -0.679. The number of ketones is 1. The molecule has 1 aliphatic heterocycles. The van der Waals surface area contributed by atoms with Gasteiger partial charge in [-0.25, -0.2) is 0 Å². The predicted molar refractivity (Wildman–Crippen MR) is 98.6 cm³/mol. The fraction of sp³-hybridized carbons (Fsp3) is 0.300. The molecule has 0 aromatic heterocycles. The maximum atomic E-state index is 12.8. The molecule has 0 saturated carbocycles. The highest BCUT2D eigenvalue weighted by molar-refractivity contribution is 5.99. The van der Waals surface area contributed by atoms with E-state index in [1.165, 1.54) is 6.07 Å². The Bertz CT molecular complexity index is 964. The van der Waals surface area contributed by atoms with Gasteiger partial charge in [0.2, 0.25) is 5.88 Å². The Kier molecular flexibility index (Phi) is 4.58. The van der Waals surface area contributed by atoms with Crippen molar-refractivity contribution in [3.05, 3.63) is 68.8 Å². The SMILES string of the molecule is CC1(C)CC(=O)C2=C(C1)OC(N)=C(C#N)C2/C=C/c1ccccc1[N+](=O)[O-]. The summed E-state index contributed by atoms with van der Waals surface area (Å²) >= 11 is 0. The van der Waals surface area contributed by atoms with Crippen molar-refractivity contribution in [3.63, 3.8) is 0 Å². The summed E-state index contributed by atoms with van der Waals surface area (Å²) in [6.07, 6.45) is 4.03. The Balaban J connectivity index is 2.07. The largest absolute Gasteiger partial charge is 0.444 e. The lowest BCUT2D eigenvalue weighted by atomic mass is 9.71. The molecule has 2 N–H and O–H groups in total. The lowest BCUT2D eigenvalue weighted by Gasteiger charge is -2.36. The number of nitriles is 1. The number of nitrogens with zero attached hydrogens (tertiary/aromatic N) is 2. The van der Waals surface area contributed by atoms with Gasteiger partial charge in [-0.3, -0.25) is 14.9 Å². The smallest absolute Gasteiger partial charge is 0.276 e. The lowest BCUT2D eigenvalue weighted by Crippen LogP contribution is -2.33. The van der Waals surface area contributed by atoms with E-state index in [1.54, 1.807) is 30.4 Å². The maximum absolute atomic E-state index is 12.8. The van der Waals surface area contributed by atoms with E-state index in [9.17, 15) is 20.2 Å². The molecule has 1 aromatic rings. The Morgan fingerprint density at radius 1 is 1.37 bits per heavy atom. The van der Waals surface area contributed by atoms with Crippen LogP contribution in [0.15, 0.2) is 53.1 Å². The lowest BCUT2D eigenvalue weighted by molar-refractivity contribution is -0.385. The monoisotopic (exact) mass is 365 g/mol. The van der Waals surface area contributed by atoms with Gasteiger partial charge in [0, 0.05) is 30.4 Å². The van der Waals surface area contributed by atoms with Crippen molar-refractivity contribution in [1.29, 1.82) is 5.26 Å². The molecule has 1 atom stereocenters. The number of nitrogens with two attached hydrogens (primary N) is 1. The molecule has 0 amide bonds. The van der Waals surface area contributed by atoms with Gasteiger partial charge in [0.25, 0.3) is 5.69 Å². The summed E-state index contributed by atoms with van der Waals surface area (Å²) in [5, 5.41) is 20.7. The zero-order valence-electron chi connectivity index (χ0n) is 15.1. The second-order valence-electron chi connectivity index (χ2n) is 7.42. The van der Waals surface area contributed by atoms with Gasteiger partial charge >= 0.3 is 0 Å². The Morgan fingerprint density at radius 2 is 2.07 bits per heavy atom. The fourth-order valence-corrected chi connectivity index (χ4v) is 3.51. The summed E-state index contributed by atoms with van der Waals surface area (Å²) < 4.78 is 5.60. The molecule has 3 rings (SSSR count). The number of carbonyl (C=O) groups is 1. The number of carbonyl (C=O) groups excluding carboxylic acids is 1. The summed E-state index contributed by atoms with van der Waals surface area (Å²) in [6.45, 7) is 3.94. The standard InChI is InChI=1S/C20H19N3O4/c1-20(2)9-16(24)18-13(14(11-21)19(22)27-17(18)10-20)8-7-12-5-3-4-6-15(12)23(25)26/h3-8,13H,9-10,22H2,1-2H3/b8-7+. The molecule has 1 heterocycles. The molecule has 0 fully saturated rings. The number of rotatable bonds is 3. The Labute approximate surface area is 156 Å². The quantitative estimate of drug-likeness (QED) is 0.645. The topological polar surface area (TPSA) is 119 Å². The van der Waals surface area contributed by atoms with Crippen molar-refractivity contribution >= 4 is 17.5 Å². The van der Waals surface area contributed by atoms with E-state index < -0.39 is 10.8 Å². The zero-order valence-corrected chi connectivity index (χ0v) is 15.1. The van der Waals surface area contributed by atoms with Crippen molar-refractivity contribution in [3.8, 4) is 6.07 Å². The third kappa shape index (κ3) is 3.47. The summed E-state index contributed by atoms with van der Waals surface area (Å²) in [4.78, 5) is 23.5. The molecule has 1 unspecified atom stereocenters. The number of hydrogen-bond acceptors (Lipinski definition) is 6. The summed E-state index contributed by atoms with van der Waals surface area (Å²) in [7, 11) is 0. The number of ether oxygens (including phenoxy) is 1.